The van der Waals surface area contributed by atoms with Gasteiger partial charge in [-0.1, -0.05) is 12.1 Å². The number of aromatic nitrogens is 2. The Balaban J connectivity index is 2.07. The Morgan fingerprint density at radius 3 is 2.83 bits per heavy atom. The third kappa shape index (κ3) is 2.51. The van der Waals surface area contributed by atoms with Crippen LogP contribution in [0.4, 0.5) is 5.69 Å². The van der Waals surface area contributed by atoms with Crippen molar-refractivity contribution in [3.63, 3.8) is 0 Å². The number of hydrogen-bond donors (Lipinski definition) is 1. The lowest BCUT2D eigenvalue weighted by molar-refractivity contribution is -0.385. The maximum absolute atomic E-state index is 11.5. The number of esters is 1. The molecule has 0 aliphatic rings. The average Bonchev–Trinajstić information content (AvgIpc) is 2.90. The molecule has 0 radical (unpaired) electrons. The summed E-state index contributed by atoms with van der Waals surface area (Å²) in [5, 5.41) is 16.8. The molecule has 18 heavy (non-hydrogen) atoms. The molecule has 0 aliphatic carbocycles. The molecule has 0 aliphatic heterocycles. The first-order valence-corrected chi connectivity index (χ1v) is 5.07. The number of carbonyl (C=O) groups excluding carboxylic acids is 1. The van der Waals surface area contributed by atoms with Crippen molar-refractivity contribution in [3.8, 4) is 0 Å². The third-order valence-corrected chi connectivity index (χ3v) is 2.27. The standard InChI is InChI=1S/C11H9N3O4/c15-11(9-5-6-12-13-9)18-7-8-3-1-2-4-10(8)14(16)17/h1-6H,7H2,(H,12,13). The molecule has 1 aromatic heterocycles. The fourth-order valence-corrected chi connectivity index (χ4v) is 1.40. The molecule has 0 saturated heterocycles. The molecule has 1 N–H and O–H groups in total. The Hall–Kier alpha value is -2.70. The van der Waals surface area contributed by atoms with Crippen LogP contribution in [0.25, 0.3) is 0 Å². The van der Waals surface area contributed by atoms with Gasteiger partial charge in [-0.25, -0.2) is 4.79 Å². The summed E-state index contributed by atoms with van der Waals surface area (Å²) < 4.78 is 4.95. The molecule has 0 spiro atoms. The second-order valence-corrected chi connectivity index (χ2v) is 3.43. The summed E-state index contributed by atoms with van der Waals surface area (Å²) in [4.78, 5) is 21.7. The molecule has 2 rings (SSSR count). The van der Waals surface area contributed by atoms with Crippen LogP contribution in [0.3, 0.4) is 0 Å². The molecule has 0 saturated carbocycles. The zero-order valence-corrected chi connectivity index (χ0v) is 9.20. The maximum atomic E-state index is 11.5. The number of rotatable bonds is 4. The van der Waals surface area contributed by atoms with E-state index < -0.39 is 10.9 Å². The number of nitrogens with one attached hydrogen (secondary N) is 1. The van der Waals surface area contributed by atoms with Crippen molar-refractivity contribution < 1.29 is 14.5 Å². The molecule has 0 bridgehead atoms. The molecule has 92 valence electrons. The van der Waals surface area contributed by atoms with Crippen molar-refractivity contribution >= 4 is 11.7 Å². The van der Waals surface area contributed by atoms with Gasteiger partial charge in [0.05, 0.1) is 10.5 Å². The number of nitrogens with zero attached hydrogens (tertiary/aromatic N) is 2. The molecular formula is C11H9N3O4. The predicted octanol–water partition coefficient (Wildman–Crippen LogP) is 1.67. The van der Waals surface area contributed by atoms with Crippen molar-refractivity contribution in [3.05, 3.63) is 57.9 Å². The quantitative estimate of drug-likeness (QED) is 0.503. The van der Waals surface area contributed by atoms with Gasteiger partial charge >= 0.3 is 5.97 Å². The number of aromatic amines is 1. The summed E-state index contributed by atoms with van der Waals surface area (Å²) in [6, 6.07) is 7.56. The van der Waals surface area contributed by atoms with Crippen LogP contribution in [0, 0.1) is 10.1 Å². The first-order valence-electron chi connectivity index (χ1n) is 5.07. The lowest BCUT2D eigenvalue weighted by atomic mass is 10.2. The van der Waals surface area contributed by atoms with Crippen LogP contribution in [0.1, 0.15) is 16.1 Å². The van der Waals surface area contributed by atoms with E-state index in [9.17, 15) is 14.9 Å². The summed E-state index contributed by atoms with van der Waals surface area (Å²) in [6.07, 6.45) is 1.42. The van der Waals surface area contributed by atoms with Gasteiger partial charge < -0.3 is 4.74 Å². The van der Waals surface area contributed by atoms with Crippen LogP contribution >= 0.6 is 0 Å². The second kappa shape index (κ2) is 5.09. The minimum atomic E-state index is -0.606. The van der Waals surface area contributed by atoms with Gasteiger partial charge in [0.1, 0.15) is 12.3 Å². The minimum Gasteiger partial charge on any atom is -0.456 e. The van der Waals surface area contributed by atoms with Crippen LogP contribution in [0.2, 0.25) is 0 Å². The van der Waals surface area contributed by atoms with Gasteiger partial charge in [0, 0.05) is 12.3 Å². The third-order valence-electron chi connectivity index (χ3n) is 2.27. The number of benzene rings is 1. The zero-order valence-electron chi connectivity index (χ0n) is 9.20. The normalized spacial score (nSPS) is 10.0. The largest absolute Gasteiger partial charge is 0.456 e. The number of H-pyrrole nitrogens is 1. The molecule has 7 nitrogen and oxygen atoms in total. The number of nitro benzene ring substituents is 1. The Labute approximate surface area is 102 Å². The highest BCUT2D eigenvalue weighted by molar-refractivity contribution is 5.86. The molecule has 0 atom stereocenters. The van der Waals surface area contributed by atoms with Gasteiger partial charge in [-0.2, -0.15) is 5.10 Å². The van der Waals surface area contributed by atoms with E-state index in [0.717, 1.165) is 0 Å². The first-order chi connectivity index (χ1) is 8.68. The van der Waals surface area contributed by atoms with E-state index in [0.29, 0.717) is 5.56 Å². The van der Waals surface area contributed by atoms with Crippen molar-refractivity contribution in [2.75, 3.05) is 0 Å². The monoisotopic (exact) mass is 247 g/mol. The Bertz CT molecular complexity index is 565. The van der Waals surface area contributed by atoms with Gasteiger partial charge in [0.2, 0.25) is 0 Å². The van der Waals surface area contributed by atoms with Crippen LogP contribution in [-0.4, -0.2) is 21.1 Å². The molecule has 0 unspecified atom stereocenters. The van der Waals surface area contributed by atoms with Gasteiger partial charge in [-0.05, 0) is 12.1 Å². The van der Waals surface area contributed by atoms with Crippen molar-refractivity contribution in [2.24, 2.45) is 0 Å². The van der Waals surface area contributed by atoms with Crippen molar-refractivity contribution in [1.82, 2.24) is 10.2 Å². The number of nitro groups is 1. The van der Waals surface area contributed by atoms with Crippen LogP contribution in [0.5, 0.6) is 0 Å². The second-order valence-electron chi connectivity index (χ2n) is 3.43. The van der Waals surface area contributed by atoms with Gasteiger partial charge in [-0.15, -0.1) is 0 Å². The first kappa shape index (κ1) is 11.8. The van der Waals surface area contributed by atoms with E-state index in [1.54, 1.807) is 18.2 Å². The van der Waals surface area contributed by atoms with Gasteiger partial charge in [-0.3, -0.25) is 15.2 Å². The molecule has 0 amide bonds. The summed E-state index contributed by atoms with van der Waals surface area (Å²) in [7, 11) is 0. The molecular weight excluding hydrogens is 238 g/mol. The zero-order chi connectivity index (χ0) is 13.0. The topological polar surface area (TPSA) is 98.1 Å². The van der Waals surface area contributed by atoms with E-state index in [1.165, 1.54) is 18.3 Å². The minimum absolute atomic E-state index is 0.0742. The lowest BCUT2D eigenvalue weighted by Crippen LogP contribution is -2.07. The van der Waals surface area contributed by atoms with Gasteiger partial charge in [0.15, 0.2) is 0 Å². The summed E-state index contributed by atoms with van der Waals surface area (Å²) >= 11 is 0. The van der Waals surface area contributed by atoms with E-state index in [-0.39, 0.29) is 18.0 Å². The summed E-state index contributed by atoms with van der Waals surface area (Å²) in [5.41, 5.74) is 0.471. The summed E-state index contributed by atoms with van der Waals surface area (Å²) in [6.45, 7) is -0.158. The Morgan fingerprint density at radius 2 is 2.17 bits per heavy atom. The number of hydrogen-bond acceptors (Lipinski definition) is 5. The van der Waals surface area contributed by atoms with Crippen LogP contribution in [0.15, 0.2) is 36.5 Å². The number of carbonyl (C=O) groups is 1. The SMILES string of the molecule is O=C(OCc1ccccc1[N+](=O)[O-])c1ccn[nH]1. The van der Waals surface area contributed by atoms with Crippen molar-refractivity contribution in [1.29, 1.82) is 0 Å². The van der Waals surface area contributed by atoms with Gasteiger partial charge in [0.25, 0.3) is 5.69 Å². The van der Waals surface area contributed by atoms with E-state index in [4.69, 9.17) is 4.74 Å². The van der Waals surface area contributed by atoms with E-state index in [2.05, 4.69) is 10.2 Å². The molecule has 0 fully saturated rings. The van der Waals surface area contributed by atoms with Crippen LogP contribution in [-0.2, 0) is 11.3 Å². The van der Waals surface area contributed by atoms with Crippen LogP contribution < -0.4 is 0 Å². The van der Waals surface area contributed by atoms with E-state index >= 15 is 0 Å². The highest BCUT2D eigenvalue weighted by atomic mass is 16.6. The molecule has 1 heterocycles. The Kier molecular flexibility index (Phi) is 3.33. The molecule has 7 heteroatoms. The molecule has 2 aromatic rings. The molecule has 1 aromatic carbocycles. The predicted molar refractivity (Wildman–Crippen MR) is 60.8 cm³/mol. The average molecular weight is 247 g/mol. The maximum Gasteiger partial charge on any atom is 0.356 e. The number of ether oxygens (including phenoxy) is 1. The highest BCUT2D eigenvalue weighted by Crippen LogP contribution is 2.18. The van der Waals surface area contributed by atoms with Crippen molar-refractivity contribution in [2.45, 2.75) is 6.61 Å². The fraction of sp³-hybridized carbons (Fsp3) is 0.0909. The highest BCUT2D eigenvalue weighted by Gasteiger charge is 2.15. The summed E-state index contributed by atoms with van der Waals surface area (Å²) in [5.74, 6) is -0.606. The number of para-hydroxylation sites is 1. The fourth-order valence-electron chi connectivity index (χ4n) is 1.40. The smallest absolute Gasteiger partial charge is 0.356 e. The Morgan fingerprint density at radius 1 is 1.39 bits per heavy atom. The van der Waals surface area contributed by atoms with E-state index in [1.807, 2.05) is 0 Å². The lowest BCUT2D eigenvalue weighted by Gasteiger charge is -2.04.